The Balaban J connectivity index is 1.66. The van der Waals surface area contributed by atoms with E-state index in [0.29, 0.717) is 22.8 Å². The number of methoxy groups -OCH3 is 3. The van der Waals surface area contributed by atoms with E-state index in [-0.39, 0.29) is 5.91 Å². The van der Waals surface area contributed by atoms with Gasteiger partial charge in [-0.25, -0.2) is 0 Å². The van der Waals surface area contributed by atoms with Gasteiger partial charge in [0.15, 0.2) is 11.5 Å². The monoisotopic (exact) mass is 375 g/mol. The molecule has 1 aliphatic rings. The summed E-state index contributed by atoms with van der Waals surface area (Å²) < 4.78 is 16.1. The Morgan fingerprint density at radius 2 is 1.57 bits per heavy atom. The van der Waals surface area contributed by atoms with Gasteiger partial charge in [-0.2, -0.15) is 0 Å². The predicted octanol–water partition coefficient (Wildman–Crippen LogP) is 4.54. The highest BCUT2D eigenvalue weighted by molar-refractivity contribution is 6.07. The summed E-state index contributed by atoms with van der Waals surface area (Å²) in [5.74, 6) is 0.959. The molecule has 28 heavy (non-hydrogen) atoms. The normalized spacial score (nSPS) is 11.4. The zero-order valence-corrected chi connectivity index (χ0v) is 16.0. The van der Waals surface area contributed by atoms with Gasteiger partial charge in [0, 0.05) is 5.69 Å². The first-order valence-corrected chi connectivity index (χ1v) is 8.97. The van der Waals surface area contributed by atoms with E-state index in [4.69, 9.17) is 14.2 Å². The van der Waals surface area contributed by atoms with Crippen molar-refractivity contribution in [3.63, 3.8) is 0 Å². The number of hydrogen-bond donors (Lipinski definition) is 1. The maximum atomic E-state index is 12.9. The average molecular weight is 375 g/mol. The Bertz CT molecular complexity index is 1060. The number of rotatable bonds is 5. The van der Waals surface area contributed by atoms with Crippen molar-refractivity contribution in [2.75, 3.05) is 26.6 Å². The van der Waals surface area contributed by atoms with E-state index < -0.39 is 0 Å². The lowest BCUT2D eigenvalue weighted by Crippen LogP contribution is -2.14. The molecule has 0 atom stereocenters. The van der Waals surface area contributed by atoms with E-state index in [2.05, 4.69) is 29.6 Å². The zero-order valence-electron chi connectivity index (χ0n) is 16.0. The molecule has 142 valence electrons. The van der Waals surface area contributed by atoms with Crippen LogP contribution in [0.15, 0.2) is 54.6 Å². The fourth-order valence-corrected chi connectivity index (χ4v) is 3.68. The van der Waals surface area contributed by atoms with E-state index in [1.807, 2.05) is 18.2 Å². The van der Waals surface area contributed by atoms with Crippen LogP contribution < -0.4 is 19.5 Å². The first-order valence-electron chi connectivity index (χ1n) is 8.97. The quantitative estimate of drug-likeness (QED) is 0.557. The van der Waals surface area contributed by atoms with Crippen LogP contribution in [0.2, 0.25) is 0 Å². The van der Waals surface area contributed by atoms with Crippen molar-refractivity contribution in [2.45, 2.75) is 6.42 Å². The number of ether oxygens (including phenoxy) is 3. The molecule has 0 aliphatic heterocycles. The second-order valence-corrected chi connectivity index (χ2v) is 6.54. The number of fused-ring (bicyclic) bond motifs is 3. The minimum atomic E-state index is -0.274. The van der Waals surface area contributed by atoms with E-state index in [9.17, 15) is 4.79 Å². The number of carbonyl (C=O) groups is 1. The Morgan fingerprint density at radius 3 is 2.32 bits per heavy atom. The molecule has 0 fully saturated rings. The number of hydrogen-bond acceptors (Lipinski definition) is 4. The van der Waals surface area contributed by atoms with Crippen molar-refractivity contribution >= 4 is 11.6 Å². The molecule has 0 unspecified atom stereocenters. The standard InChI is InChI=1S/C23H21NO4/c1-26-20-11-10-18(21(27-2)22(20)28-3)23(25)24-16-9-8-15-12-14-6-4-5-7-17(14)19(15)13-16/h4-11,13H,12H2,1-3H3,(H,24,25). The van der Waals surface area contributed by atoms with E-state index >= 15 is 0 Å². The number of amides is 1. The molecule has 4 rings (SSSR count). The molecule has 0 saturated heterocycles. The van der Waals surface area contributed by atoms with Crippen molar-refractivity contribution in [3.05, 3.63) is 71.3 Å². The first kappa shape index (κ1) is 17.9. The summed E-state index contributed by atoms with van der Waals surface area (Å²) in [6, 6.07) is 17.7. The third-order valence-corrected chi connectivity index (χ3v) is 5.00. The van der Waals surface area contributed by atoms with Crippen LogP contribution in [0.3, 0.4) is 0 Å². The molecule has 3 aromatic rings. The highest BCUT2D eigenvalue weighted by atomic mass is 16.5. The van der Waals surface area contributed by atoms with Gasteiger partial charge in [0.2, 0.25) is 5.75 Å². The van der Waals surface area contributed by atoms with Crippen molar-refractivity contribution in [2.24, 2.45) is 0 Å². The summed E-state index contributed by atoms with van der Waals surface area (Å²) in [5, 5.41) is 2.97. The first-order chi connectivity index (χ1) is 13.7. The molecule has 0 saturated carbocycles. The molecular formula is C23H21NO4. The second-order valence-electron chi connectivity index (χ2n) is 6.54. The highest BCUT2D eigenvalue weighted by Gasteiger charge is 2.22. The third kappa shape index (κ3) is 2.95. The Labute approximate surface area is 163 Å². The van der Waals surface area contributed by atoms with Crippen LogP contribution in [0.1, 0.15) is 21.5 Å². The van der Waals surface area contributed by atoms with E-state index in [1.54, 1.807) is 19.2 Å². The van der Waals surface area contributed by atoms with Crippen molar-refractivity contribution in [3.8, 4) is 28.4 Å². The largest absolute Gasteiger partial charge is 0.493 e. The van der Waals surface area contributed by atoms with Crippen LogP contribution in [0.25, 0.3) is 11.1 Å². The maximum Gasteiger partial charge on any atom is 0.259 e. The lowest BCUT2D eigenvalue weighted by molar-refractivity contribution is 0.102. The van der Waals surface area contributed by atoms with Crippen molar-refractivity contribution < 1.29 is 19.0 Å². The van der Waals surface area contributed by atoms with Gasteiger partial charge < -0.3 is 19.5 Å². The Hall–Kier alpha value is -3.47. The van der Waals surface area contributed by atoms with Crippen LogP contribution in [-0.2, 0) is 6.42 Å². The highest BCUT2D eigenvalue weighted by Crippen LogP contribution is 2.41. The van der Waals surface area contributed by atoms with Crippen LogP contribution in [-0.4, -0.2) is 27.2 Å². The summed E-state index contributed by atoms with van der Waals surface area (Å²) in [4.78, 5) is 12.9. The number of carbonyl (C=O) groups excluding carboxylic acids is 1. The summed E-state index contributed by atoms with van der Waals surface area (Å²) >= 11 is 0. The molecule has 0 radical (unpaired) electrons. The van der Waals surface area contributed by atoms with Gasteiger partial charge in [-0.1, -0.05) is 30.3 Å². The minimum absolute atomic E-state index is 0.274. The number of benzene rings is 3. The molecule has 3 aromatic carbocycles. The zero-order chi connectivity index (χ0) is 19.7. The summed E-state index contributed by atoms with van der Waals surface area (Å²) in [6.45, 7) is 0. The molecule has 0 bridgehead atoms. The summed E-state index contributed by atoms with van der Waals surface area (Å²) in [6.07, 6.45) is 0.920. The fraction of sp³-hybridized carbons (Fsp3) is 0.174. The van der Waals surface area contributed by atoms with Gasteiger partial charge in [0.25, 0.3) is 5.91 Å². The van der Waals surface area contributed by atoms with Gasteiger partial charge in [-0.15, -0.1) is 0 Å². The molecule has 1 amide bonds. The molecular weight excluding hydrogens is 354 g/mol. The summed E-state index contributed by atoms with van der Waals surface area (Å²) in [5.41, 5.74) is 6.06. The SMILES string of the molecule is COc1ccc(C(=O)Nc2ccc3c(c2)-c2ccccc2C3)c(OC)c1OC. The lowest BCUT2D eigenvalue weighted by atomic mass is 10.0. The van der Waals surface area contributed by atoms with Gasteiger partial charge in [0.05, 0.1) is 26.9 Å². The van der Waals surface area contributed by atoms with Gasteiger partial charge in [-0.3, -0.25) is 4.79 Å². The van der Waals surface area contributed by atoms with Crippen LogP contribution in [0.4, 0.5) is 5.69 Å². The molecule has 1 N–H and O–H groups in total. The minimum Gasteiger partial charge on any atom is -0.493 e. The van der Waals surface area contributed by atoms with Crippen molar-refractivity contribution in [1.29, 1.82) is 0 Å². The van der Waals surface area contributed by atoms with E-state index in [0.717, 1.165) is 17.7 Å². The second kappa shape index (κ2) is 7.27. The molecule has 1 aliphatic carbocycles. The fourth-order valence-electron chi connectivity index (χ4n) is 3.68. The van der Waals surface area contributed by atoms with Gasteiger partial charge >= 0.3 is 0 Å². The van der Waals surface area contributed by atoms with Gasteiger partial charge in [0.1, 0.15) is 0 Å². The topological polar surface area (TPSA) is 56.8 Å². The van der Waals surface area contributed by atoms with E-state index in [1.165, 1.54) is 30.9 Å². The molecule has 5 nitrogen and oxygen atoms in total. The Morgan fingerprint density at radius 1 is 0.821 bits per heavy atom. The molecule has 0 heterocycles. The van der Waals surface area contributed by atoms with Crippen LogP contribution in [0.5, 0.6) is 17.2 Å². The molecule has 0 aromatic heterocycles. The summed E-state index contributed by atoms with van der Waals surface area (Å²) in [7, 11) is 4.56. The predicted molar refractivity (Wildman–Crippen MR) is 109 cm³/mol. The van der Waals surface area contributed by atoms with Crippen molar-refractivity contribution in [1.82, 2.24) is 0 Å². The molecule has 5 heteroatoms. The molecule has 0 spiro atoms. The van der Waals surface area contributed by atoms with Crippen LogP contribution >= 0.6 is 0 Å². The number of anilines is 1. The lowest BCUT2D eigenvalue weighted by Gasteiger charge is -2.15. The smallest absolute Gasteiger partial charge is 0.259 e. The third-order valence-electron chi connectivity index (χ3n) is 5.00. The Kier molecular flexibility index (Phi) is 4.65. The van der Waals surface area contributed by atoms with Gasteiger partial charge in [-0.05, 0) is 52.9 Å². The number of nitrogens with one attached hydrogen (secondary N) is 1. The maximum absolute atomic E-state index is 12.9. The van der Waals surface area contributed by atoms with Crippen LogP contribution in [0, 0.1) is 0 Å². The average Bonchev–Trinajstić information content (AvgIpc) is 3.10.